The highest BCUT2D eigenvalue weighted by molar-refractivity contribution is 6.04. The molecule has 17 nitrogen and oxygen atoms in total. The number of aryl methyl sites for hydroxylation is 1. The number of phenols is 1. The molecule has 0 spiro atoms. The molecule has 20 heteroatoms. The Morgan fingerprint density at radius 3 is 2.30 bits per heavy atom. The molecule has 5 unspecified atom stereocenters. The number of benzene rings is 5. The minimum absolute atomic E-state index is 0.0289. The van der Waals surface area contributed by atoms with Gasteiger partial charge in [-0.1, -0.05) is 86.6 Å². The topological polar surface area (TPSA) is 202 Å². The summed E-state index contributed by atoms with van der Waals surface area (Å²) in [5, 5.41) is 39.0. The number of fused-ring (bicyclic) bond motifs is 4. The van der Waals surface area contributed by atoms with E-state index in [0.29, 0.717) is 92.5 Å². The summed E-state index contributed by atoms with van der Waals surface area (Å²) in [6, 6.07) is 21.9. The van der Waals surface area contributed by atoms with E-state index in [-0.39, 0.29) is 72.1 Å². The van der Waals surface area contributed by atoms with Gasteiger partial charge in [-0.15, -0.1) is 5.10 Å². The van der Waals surface area contributed by atoms with Gasteiger partial charge in [0.2, 0.25) is 11.8 Å². The van der Waals surface area contributed by atoms with Gasteiger partial charge in [0.05, 0.1) is 35.9 Å². The number of halogens is 3. The summed E-state index contributed by atoms with van der Waals surface area (Å²) in [4.78, 5) is 47.3. The minimum Gasteiger partial charge on any atom is -0.508 e. The molecule has 426 valence electrons. The van der Waals surface area contributed by atoms with Crippen molar-refractivity contribution in [1.29, 1.82) is 0 Å². The number of phenolic OH excluding ortho intramolecular Hbond substituents is 1. The second-order valence-electron chi connectivity index (χ2n) is 21.8. The molecule has 2 bridgehead atoms. The van der Waals surface area contributed by atoms with Crippen LogP contribution in [0.2, 0.25) is 0 Å². The predicted molar refractivity (Wildman–Crippen MR) is 304 cm³/mol. The molecule has 6 heterocycles. The number of carbonyl (C=O) groups is 2. The lowest BCUT2D eigenvalue weighted by atomic mass is 9.94. The maximum atomic E-state index is 15.7. The highest BCUT2D eigenvalue weighted by Gasteiger charge is 2.40. The predicted octanol–water partition coefficient (Wildman–Crippen LogP) is 9.43. The van der Waals surface area contributed by atoms with Crippen molar-refractivity contribution in [2.24, 2.45) is 5.92 Å². The van der Waals surface area contributed by atoms with Crippen molar-refractivity contribution in [3.63, 3.8) is 0 Å². The van der Waals surface area contributed by atoms with Crippen molar-refractivity contribution in [3.05, 3.63) is 138 Å². The van der Waals surface area contributed by atoms with Crippen LogP contribution in [0.5, 0.6) is 17.5 Å². The first kappa shape index (κ1) is 55.7. The number of likely N-dealkylation sites (tertiary alicyclic amines) is 1. The number of aliphatic hydroxyl groups is 1. The zero-order valence-corrected chi connectivity index (χ0v) is 46.3. The SMILES string of the molecule is CCc1c(F)ccc2cc(O)cc(-c3ncc4c(N5CC6CCC(C5)N6)nc(OC[C@H](C)OC)nc4c3OCc3ccc(-c4cn(C(C(=O)N5CCCC5C(=O)NC(CO)c5ccc(-c6c(F)cccc6F)cc5)C(C)C)nn4)cc3)c12. The molecule has 3 fully saturated rings. The highest BCUT2D eigenvalue weighted by atomic mass is 19.1. The molecule has 6 atom stereocenters. The van der Waals surface area contributed by atoms with Crippen LogP contribution in [0, 0.1) is 23.4 Å². The van der Waals surface area contributed by atoms with Gasteiger partial charge >= 0.3 is 6.01 Å². The Kier molecular flexibility index (Phi) is 16.1. The van der Waals surface area contributed by atoms with Gasteiger partial charge in [-0.3, -0.25) is 14.6 Å². The van der Waals surface area contributed by atoms with E-state index in [1.54, 1.807) is 54.7 Å². The second kappa shape index (κ2) is 23.7. The molecule has 3 saturated heterocycles. The zero-order chi connectivity index (χ0) is 57.3. The van der Waals surface area contributed by atoms with Gasteiger partial charge in [0.25, 0.3) is 0 Å². The van der Waals surface area contributed by atoms with Crippen molar-refractivity contribution >= 4 is 39.3 Å². The van der Waals surface area contributed by atoms with Crippen LogP contribution in [-0.2, 0) is 27.4 Å². The number of nitrogens with zero attached hydrogens (tertiary/aromatic N) is 8. The summed E-state index contributed by atoms with van der Waals surface area (Å²) in [6.07, 6.45) is 6.65. The number of aromatic nitrogens is 6. The zero-order valence-electron chi connectivity index (χ0n) is 46.3. The molecule has 4 N–H and O–H groups in total. The van der Waals surface area contributed by atoms with Crippen molar-refractivity contribution in [2.45, 2.75) is 103 Å². The number of pyridine rings is 1. The van der Waals surface area contributed by atoms with Gasteiger partial charge in [0, 0.05) is 56.2 Å². The number of aliphatic hydroxyl groups excluding tert-OH is 1. The van der Waals surface area contributed by atoms with Crippen molar-refractivity contribution in [1.82, 2.24) is 45.5 Å². The molecule has 3 aliphatic rings. The number of amides is 2. The van der Waals surface area contributed by atoms with Crippen LogP contribution >= 0.6 is 0 Å². The van der Waals surface area contributed by atoms with Crippen LogP contribution in [-0.4, -0.2) is 121 Å². The Hall–Kier alpha value is -8.20. The molecule has 0 saturated carbocycles. The average Bonchev–Trinajstić information content (AvgIpc) is 4.11. The van der Waals surface area contributed by atoms with Crippen LogP contribution in [0.25, 0.3) is 55.3 Å². The molecule has 2 amide bonds. The van der Waals surface area contributed by atoms with E-state index in [0.717, 1.165) is 31.5 Å². The number of methoxy groups -OCH3 is 1. The highest BCUT2D eigenvalue weighted by Crippen LogP contribution is 2.44. The van der Waals surface area contributed by atoms with Gasteiger partial charge in [-0.25, -0.2) is 17.9 Å². The van der Waals surface area contributed by atoms with E-state index in [1.165, 1.54) is 41.1 Å². The van der Waals surface area contributed by atoms with Crippen molar-refractivity contribution < 1.29 is 47.2 Å². The molecule has 82 heavy (non-hydrogen) atoms. The maximum absolute atomic E-state index is 15.7. The van der Waals surface area contributed by atoms with E-state index in [2.05, 4.69) is 25.8 Å². The van der Waals surface area contributed by atoms with Crippen LogP contribution in [0.3, 0.4) is 0 Å². The van der Waals surface area contributed by atoms with Gasteiger partial charge in [-0.05, 0) is 108 Å². The number of ether oxygens (including phenoxy) is 3. The minimum atomic E-state index is -0.843. The number of piperazine rings is 1. The Morgan fingerprint density at radius 2 is 1.61 bits per heavy atom. The largest absolute Gasteiger partial charge is 0.508 e. The van der Waals surface area contributed by atoms with Gasteiger partial charge in [0.15, 0.2) is 5.75 Å². The van der Waals surface area contributed by atoms with Crippen LogP contribution in [0.15, 0.2) is 103 Å². The quantitative estimate of drug-likeness (QED) is 0.0596. The number of nitrogens with one attached hydrogen (secondary N) is 2. The van der Waals surface area contributed by atoms with Gasteiger partial charge < -0.3 is 44.9 Å². The first-order valence-corrected chi connectivity index (χ1v) is 27.9. The molecule has 11 rings (SSSR count). The number of carbonyl (C=O) groups excluding carboxylic acids is 2. The fraction of sp³-hybridized carbons (Fsp3) is 0.371. The normalized spacial score (nSPS) is 18.1. The molecule has 8 aromatic rings. The number of hydrogen-bond acceptors (Lipinski definition) is 14. The summed E-state index contributed by atoms with van der Waals surface area (Å²) in [7, 11) is 1.61. The first-order valence-electron chi connectivity index (χ1n) is 27.9. The van der Waals surface area contributed by atoms with E-state index in [9.17, 15) is 28.6 Å². The van der Waals surface area contributed by atoms with E-state index < -0.39 is 42.3 Å². The number of aromatic hydroxyl groups is 1. The number of rotatable bonds is 19. The Balaban J connectivity index is 0.854. The monoisotopic (exact) mass is 1120 g/mol. The van der Waals surface area contributed by atoms with Crippen molar-refractivity contribution in [3.8, 4) is 51.2 Å². The molecule has 0 aliphatic carbocycles. The first-order chi connectivity index (χ1) is 39.7. The fourth-order valence-corrected chi connectivity index (χ4v) is 11.7. The molecular weight excluding hydrogens is 1050 g/mol. The van der Waals surface area contributed by atoms with E-state index in [1.807, 2.05) is 52.0 Å². The lowest BCUT2D eigenvalue weighted by Gasteiger charge is -2.34. The van der Waals surface area contributed by atoms with Crippen LogP contribution in [0.4, 0.5) is 19.0 Å². The maximum Gasteiger partial charge on any atom is 0.319 e. The van der Waals surface area contributed by atoms with Crippen molar-refractivity contribution in [2.75, 3.05) is 44.9 Å². The third kappa shape index (κ3) is 11.1. The fourth-order valence-electron chi connectivity index (χ4n) is 11.7. The smallest absolute Gasteiger partial charge is 0.319 e. The summed E-state index contributed by atoms with van der Waals surface area (Å²) in [6.45, 7) is 9.12. The summed E-state index contributed by atoms with van der Waals surface area (Å²) >= 11 is 0. The summed E-state index contributed by atoms with van der Waals surface area (Å²) < 4.78 is 64.9. The molecular formula is C62H65F3N10O7. The summed E-state index contributed by atoms with van der Waals surface area (Å²) in [5.41, 5.74) is 4.36. The lowest BCUT2D eigenvalue weighted by Crippen LogP contribution is -2.51. The number of anilines is 1. The van der Waals surface area contributed by atoms with Gasteiger partial charge in [0.1, 0.15) is 71.2 Å². The Morgan fingerprint density at radius 1 is 0.878 bits per heavy atom. The third-order valence-corrected chi connectivity index (χ3v) is 16.0. The standard InChI is InChI=1S/C62H65F3N10O7/c1-6-44-47(63)23-20-40-25-43(77)26-45(53(40)44)55-58(56-46(27-66-55)59(70-62(69-56)82-32-35(4)80-5)73-28-41-21-22-42(29-73)67-41)81-33-36-12-14-37(15-13-36)50-30-75(72-71-50)57(34(2)3)61(79)74-24-8-11-52(74)60(78)68-51(31-76)38-16-18-39(19-17-38)54-48(64)9-7-10-49(54)65/h7,9-10,12-20,23,25-27,30,34-35,41-42,51-52,57,67,76-77H,6,8,11,21-22,24,28-29,31-33H2,1-5H3,(H,68,78)/t35-,41?,42?,51?,52?,57?/m0/s1. The molecule has 3 aromatic heterocycles. The Labute approximate surface area is 472 Å². The van der Waals surface area contributed by atoms with E-state index in [4.69, 9.17) is 29.2 Å². The summed E-state index contributed by atoms with van der Waals surface area (Å²) in [5.74, 6) is -1.87. The molecule has 3 aliphatic heterocycles. The van der Waals surface area contributed by atoms with Crippen LogP contribution < -0.4 is 25.0 Å². The third-order valence-electron chi connectivity index (χ3n) is 16.0. The second-order valence-corrected chi connectivity index (χ2v) is 21.8. The molecule has 0 radical (unpaired) electrons. The van der Waals surface area contributed by atoms with E-state index >= 15 is 4.39 Å². The lowest BCUT2D eigenvalue weighted by molar-refractivity contribution is -0.142. The van der Waals surface area contributed by atoms with Gasteiger partial charge in [-0.2, -0.15) is 9.97 Å². The Bertz CT molecular complexity index is 3630. The average molecular weight is 1120 g/mol. The molecule has 5 aromatic carbocycles. The number of hydrogen-bond donors (Lipinski definition) is 4. The van der Waals surface area contributed by atoms with Crippen LogP contribution in [0.1, 0.15) is 82.2 Å².